The van der Waals surface area contributed by atoms with Crippen molar-refractivity contribution in [2.45, 2.75) is 78.2 Å². The molecule has 0 aliphatic heterocycles. The van der Waals surface area contributed by atoms with Crippen LogP contribution < -0.4 is 0 Å². The number of unbranched alkanes of at least 4 members (excludes halogenated alkanes) is 6. The number of amides is 1. The summed E-state index contributed by atoms with van der Waals surface area (Å²) in [6, 6.07) is -0.114. The molecule has 0 saturated heterocycles. The van der Waals surface area contributed by atoms with Crippen LogP contribution >= 0.6 is 0 Å². The Labute approximate surface area is 116 Å². The summed E-state index contributed by atoms with van der Waals surface area (Å²) in [7, 11) is 0. The van der Waals surface area contributed by atoms with Gasteiger partial charge in [0.1, 0.15) is 0 Å². The summed E-state index contributed by atoms with van der Waals surface area (Å²) < 4.78 is 0. The average Bonchev–Trinajstić information content (AvgIpc) is 2.26. The topological polar surface area (TPSA) is 40.5 Å². The summed E-state index contributed by atoms with van der Waals surface area (Å²) in [6.07, 6.45) is 8.85. The van der Waals surface area contributed by atoms with Gasteiger partial charge in [0.25, 0.3) is 0 Å². The van der Waals surface area contributed by atoms with Gasteiger partial charge in [0, 0.05) is 23.2 Å². The van der Waals surface area contributed by atoms with Crippen LogP contribution in [0.1, 0.15) is 72.1 Å². The number of hydrogen-bond donors (Lipinski definition) is 1. The molecule has 0 saturated carbocycles. The van der Waals surface area contributed by atoms with E-state index in [1.165, 1.54) is 32.1 Å². The molecule has 0 aromatic heterocycles. The molecule has 0 spiro atoms. The Bertz CT molecular complexity index is 186. The van der Waals surface area contributed by atoms with E-state index >= 15 is 0 Å². The zero-order valence-corrected chi connectivity index (χ0v) is 12.4. The summed E-state index contributed by atoms with van der Waals surface area (Å²) in [4.78, 5) is 11.4. The molecule has 1 radical (unpaired) electrons. The Morgan fingerprint density at radius 3 is 2.00 bits per heavy atom. The van der Waals surface area contributed by atoms with E-state index in [9.17, 15) is 10.0 Å². The molecule has 0 aromatic carbocycles. The summed E-state index contributed by atoms with van der Waals surface area (Å²) in [5, 5.41) is 10.2. The van der Waals surface area contributed by atoms with Crippen molar-refractivity contribution in [2.75, 3.05) is 0 Å². The molecule has 0 bridgehead atoms. The minimum atomic E-state index is -0.149. The molecular formula is C13H27CoNO2. The van der Waals surface area contributed by atoms with E-state index in [2.05, 4.69) is 6.92 Å². The minimum absolute atomic E-state index is 0. The number of rotatable bonds is 9. The fourth-order valence-electron chi connectivity index (χ4n) is 1.64. The molecule has 1 N–H and O–H groups in total. The fraction of sp³-hybridized carbons (Fsp3) is 0.923. The number of nitrogens with zero attached hydrogens (tertiary/aromatic N) is 1. The predicted molar refractivity (Wildman–Crippen MR) is 66.4 cm³/mol. The normalized spacial score (nSPS) is 10.2. The van der Waals surface area contributed by atoms with Crippen LogP contribution in [0, 0.1) is 0 Å². The van der Waals surface area contributed by atoms with Gasteiger partial charge in [-0.05, 0) is 20.3 Å². The van der Waals surface area contributed by atoms with Crippen LogP contribution in [-0.2, 0) is 21.6 Å². The van der Waals surface area contributed by atoms with Crippen molar-refractivity contribution in [3.8, 4) is 0 Å². The molecule has 0 fully saturated rings. The third kappa shape index (κ3) is 10.8. The fourth-order valence-corrected chi connectivity index (χ4v) is 1.64. The van der Waals surface area contributed by atoms with Gasteiger partial charge < -0.3 is 0 Å². The number of carbonyl (C=O) groups is 1. The molecule has 4 heteroatoms. The van der Waals surface area contributed by atoms with E-state index in [-0.39, 0.29) is 28.7 Å². The molecule has 1 amide bonds. The van der Waals surface area contributed by atoms with Crippen LogP contribution in [-0.4, -0.2) is 22.2 Å². The standard InChI is InChI=1S/C13H27NO2.Co/c1-4-5-6-7-8-9-10-11-13(15)14(16)12(2)3;/h12,16H,4-11H2,1-3H3;. The summed E-state index contributed by atoms with van der Waals surface area (Å²) in [5.74, 6) is -0.149. The van der Waals surface area contributed by atoms with Gasteiger partial charge in [-0.3, -0.25) is 10.0 Å². The van der Waals surface area contributed by atoms with Gasteiger partial charge in [0.15, 0.2) is 0 Å². The molecule has 0 rings (SSSR count). The molecule has 0 aliphatic carbocycles. The minimum Gasteiger partial charge on any atom is -0.286 e. The van der Waals surface area contributed by atoms with Gasteiger partial charge in [-0.2, -0.15) is 0 Å². The molecule has 0 unspecified atom stereocenters. The molecular weight excluding hydrogens is 261 g/mol. The van der Waals surface area contributed by atoms with E-state index in [4.69, 9.17) is 0 Å². The first-order valence-electron chi connectivity index (χ1n) is 6.60. The van der Waals surface area contributed by atoms with Gasteiger partial charge >= 0.3 is 0 Å². The number of hydroxylamine groups is 2. The van der Waals surface area contributed by atoms with Crippen LogP contribution in [0.15, 0.2) is 0 Å². The van der Waals surface area contributed by atoms with E-state index in [0.29, 0.717) is 6.42 Å². The van der Waals surface area contributed by atoms with Crippen molar-refractivity contribution in [1.29, 1.82) is 0 Å². The maximum atomic E-state index is 11.4. The largest absolute Gasteiger partial charge is 0.286 e. The van der Waals surface area contributed by atoms with Gasteiger partial charge in [-0.1, -0.05) is 45.4 Å². The summed E-state index contributed by atoms with van der Waals surface area (Å²) >= 11 is 0. The Kier molecular flexibility index (Phi) is 14.1. The van der Waals surface area contributed by atoms with E-state index < -0.39 is 0 Å². The Morgan fingerprint density at radius 1 is 1.06 bits per heavy atom. The number of hydrogen-bond acceptors (Lipinski definition) is 2. The van der Waals surface area contributed by atoms with Crippen LogP contribution in [0.5, 0.6) is 0 Å². The molecule has 3 nitrogen and oxygen atoms in total. The third-order valence-electron chi connectivity index (χ3n) is 2.74. The van der Waals surface area contributed by atoms with E-state index in [1.807, 2.05) is 13.8 Å². The maximum absolute atomic E-state index is 11.4. The zero-order valence-electron chi connectivity index (χ0n) is 11.4. The quantitative estimate of drug-likeness (QED) is 0.399. The Balaban J connectivity index is 0. The van der Waals surface area contributed by atoms with Gasteiger partial charge in [-0.25, -0.2) is 5.06 Å². The molecule has 0 heterocycles. The van der Waals surface area contributed by atoms with Crippen LogP contribution in [0.25, 0.3) is 0 Å². The first-order chi connectivity index (χ1) is 7.59. The molecule has 17 heavy (non-hydrogen) atoms. The van der Waals surface area contributed by atoms with Crippen molar-refractivity contribution in [3.63, 3.8) is 0 Å². The van der Waals surface area contributed by atoms with Crippen molar-refractivity contribution < 1.29 is 26.8 Å². The number of carbonyl (C=O) groups excluding carboxylic acids is 1. The Hall–Kier alpha value is -0.0635. The zero-order chi connectivity index (χ0) is 12.4. The second kappa shape index (κ2) is 12.4. The molecule has 0 aromatic rings. The van der Waals surface area contributed by atoms with Crippen LogP contribution in [0.2, 0.25) is 0 Å². The van der Waals surface area contributed by atoms with Crippen molar-refractivity contribution in [3.05, 3.63) is 0 Å². The molecule has 105 valence electrons. The van der Waals surface area contributed by atoms with Gasteiger partial charge in [-0.15, -0.1) is 0 Å². The Morgan fingerprint density at radius 2 is 1.53 bits per heavy atom. The average molecular weight is 288 g/mol. The predicted octanol–water partition coefficient (Wildman–Crippen LogP) is 3.75. The molecule has 0 atom stereocenters. The maximum Gasteiger partial charge on any atom is 0.246 e. The van der Waals surface area contributed by atoms with Gasteiger partial charge in [0.2, 0.25) is 5.91 Å². The summed E-state index contributed by atoms with van der Waals surface area (Å²) in [6.45, 7) is 5.83. The first-order valence-corrected chi connectivity index (χ1v) is 6.60. The summed E-state index contributed by atoms with van der Waals surface area (Å²) in [5.41, 5.74) is 0. The van der Waals surface area contributed by atoms with Crippen molar-refractivity contribution >= 4 is 5.91 Å². The van der Waals surface area contributed by atoms with Gasteiger partial charge in [0.05, 0.1) is 6.04 Å². The monoisotopic (exact) mass is 288 g/mol. The smallest absolute Gasteiger partial charge is 0.246 e. The molecule has 0 aliphatic rings. The van der Waals surface area contributed by atoms with Crippen molar-refractivity contribution in [2.24, 2.45) is 0 Å². The van der Waals surface area contributed by atoms with E-state index in [0.717, 1.165) is 17.9 Å². The first kappa shape index (κ1) is 19.3. The van der Waals surface area contributed by atoms with Crippen molar-refractivity contribution in [1.82, 2.24) is 5.06 Å². The second-order valence-corrected chi connectivity index (χ2v) is 4.70. The van der Waals surface area contributed by atoms with Crippen LogP contribution in [0.4, 0.5) is 0 Å². The van der Waals surface area contributed by atoms with E-state index in [1.54, 1.807) is 0 Å². The van der Waals surface area contributed by atoms with Crippen LogP contribution in [0.3, 0.4) is 0 Å². The SMILES string of the molecule is CCCCCCCCCC(=O)N(O)C(C)C.[Co]. The third-order valence-corrected chi connectivity index (χ3v) is 2.74. The second-order valence-electron chi connectivity index (χ2n) is 4.70.